The van der Waals surface area contributed by atoms with Crippen molar-refractivity contribution in [3.8, 4) is 0 Å². The maximum Gasteiger partial charge on any atom is 0.407 e. The first kappa shape index (κ1) is 16.7. The summed E-state index contributed by atoms with van der Waals surface area (Å²) in [5.74, 6) is -0.242. The number of hydrogen-bond donors (Lipinski definition) is 2. The van der Waals surface area contributed by atoms with E-state index in [1.807, 2.05) is 27.7 Å². The van der Waals surface area contributed by atoms with E-state index >= 15 is 0 Å². The molecule has 4 nitrogen and oxygen atoms in total. The molecule has 1 aliphatic rings. The summed E-state index contributed by atoms with van der Waals surface area (Å²) in [6.45, 7) is 8.29. The third-order valence-electron chi connectivity index (χ3n) is 3.73. The van der Waals surface area contributed by atoms with Crippen LogP contribution in [0.3, 0.4) is 0 Å². The number of nitrogens with one attached hydrogen (secondary N) is 2. The van der Waals surface area contributed by atoms with Crippen LogP contribution in [0.4, 0.5) is 9.18 Å². The Bertz CT molecular complexity index is 540. The number of amides is 1. The van der Waals surface area contributed by atoms with Crippen molar-refractivity contribution in [1.82, 2.24) is 10.6 Å². The van der Waals surface area contributed by atoms with Crippen LogP contribution in [0.2, 0.25) is 0 Å². The number of carbonyl (C=O) groups is 1. The second kappa shape index (κ2) is 6.65. The minimum Gasteiger partial charge on any atom is -0.444 e. The van der Waals surface area contributed by atoms with Gasteiger partial charge in [-0.2, -0.15) is 0 Å². The molecule has 1 aromatic carbocycles. The number of piperidine rings is 1. The molecule has 122 valence electrons. The zero-order valence-electron chi connectivity index (χ0n) is 13.7. The number of carbonyl (C=O) groups excluding carboxylic acids is 1. The Morgan fingerprint density at radius 2 is 2.14 bits per heavy atom. The molecule has 1 heterocycles. The highest BCUT2D eigenvalue weighted by Crippen LogP contribution is 2.27. The minimum atomic E-state index is -0.520. The molecule has 1 aliphatic heterocycles. The van der Waals surface area contributed by atoms with Gasteiger partial charge in [0.2, 0.25) is 0 Å². The molecule has 0 aliphatic carbocycles. The standard InChI is InChI=1S/C17H25FN2O2/c1-11-10-12(18)7-8-13(11)15-14(6-5-9-19-15)20-16(21)22-17(2,3)4/h7-8,10,14-15,19H,5-6,9H2,1-4H3,(H,20,21). The molecule has 0 spiro atoms. The number of alkyl carbamates (subject to hydrolysis) is 1. The van der Waals surface area contributed by atoms with Crippen molar-refractivity contribution in [2.24, 2.45) is 0 Å². The average Bonchev–Trinajstić information content (AvgIpc) is 2.37. The summed E-state index contributed by atoms with van der Waals surface area (Å²) in [4.78, 5) is 12.0. The molecule has 1 amide bonds. The first-order valence-corrected chi connectivity index (χ1v) is 7.75. The Morgan fingerprint density at radius 1 is 1.41 bits per heavy atom. The molecule has 2 unspecified atom stereocenters. The summed E-state index contributed by atoms with van der Waals surface area (Å²) in [7, 11) is 0. The van der Waals surface area contributed by atoms with E-state index in [0.717, 1.165) is 30.5 Å². The van der Waals surface area contributed by atoms with E-state index in [1.165, 1.54) is 12.1 Å². The lowest BCUT2D eigenvalue weighted by Gasteiger charge is -2.34. The van der Waals surface area contributed by atoms with Crippen LogP contribution in [-0.2, 0) is 4.74 Å². The molecule has 2 N–H and O–H groups in total. The summed E-state index contributed by atoms with van der Waals surface area (Å²) in [5, 5.41) is 6.37. The molecule has 5 heteroatoms. The van der Waals surface area contributed by atoms with E-state index < -0.39 is 11.7 Å². The van der Waals surface area contributed by atoms with Crippen LogP contribution in [0.5, 0.6) is 0 Å². The summed E-state index contributed by atoms with van der Waals surface area (Å²) < 4.78 is 18.6. The third-order valence-corrected chi connectivity index (χ3v) is 3.73. The number of aryl methyl sites for hydroxylation is 1. The van der Waals surface area contributed by atoms with Crippen LogP contribution in [0, 0.1) is 12.7 Å². The van der Waals surface area contributed by atoms with E-state index in [-0.39, 0.29) is 17.9 Å². The molecule has 2 rings (SSSR count). The molecule has 0 bridgehead atoms. The van der Waals surface area contributed by atoms with Gasteiger partial charge in [-0.15, -0.1) is 0 Å². The molecule has 2 atom stereocenters. The largest absolute Gasteiger partial charge is 0.444 e. The van der Waals surface area contributed by atoms with Gasteiger partial charge in [0.15, 0.2) is 0 Å². The van der Waals surface area contributed by atoms with Crippen molar-refractivity contribution in [2.45, 2.75) is 58.2 Å². The number of hydrogen-bond acceptors (Lipinski definition) is 3. The molecule has 22 heavy (non-hydrogen) atoms. The van der Waals surface area contributed by atoms with Crippen LogP contribution in [0.15, 0.2) is 18.2 Å². The molecule has 0 saturated carbocycles. The monoisotopic (exact) mass is 308 g/mol. The van der Waals surface area contributed by atoms with Crippen LogP contribution in [0.1, 0.15) is 50.8 Å². The fraction of sp³-hybridized carbons (Fsp3) is 0.588. The quantitative estimate of drug-likeness (QED) is 0.880. The van der Waals surface area contributed by atoms with Gasteiger partial charge in [-0.05, 0) is 70.3 Å². The highest BCUT2D eigenvalue weighted by Gasteiger charge is 2.30. The van der Waals surface area contributed by atoms with Gasteiger partial charge in [0, 0.05) is 0 Å². The highest BCUT2D eigenvalue weighted by molar-refractivity contribution is 5.68. The molecule has 0 radical (unpaired) electrons. The Kier molecular flexibility index (Phi) is 5.06. The minimum absolute atomic E-state index is 0.0260. The number of benzene rings is 1. The second-order valence-corrected chi connectivity index (χ2v) is 6.83. The fourth-order valence-electron chi connectivity index (χ4n) is 2.82. The summed E-state index contributed by atoms with van der Waals surface area (Å²) in [6.07, 6.45) is 1.44. The van der Waals surface area contributed by atoms with Gasteiger partial charge in [0.05, 0.1) is 12.1 Å². The van der Waals surface area contributed by atoms with Gasteiger partial charge < -0.3 is 15.4 Å². The maximum absolute atomic E-state index is 13.3. The van der Waals surface area contributed by atoms with Crippen LogP contribution >= 0.6 is 0 Å². The van der Waals surface area contributed by atoms with Crippen molar-refractivity contribution in [3.63, 3.8) is 0 Å². The zero-order valence-corrected chi connectivity index (χ0v) is 13.7. The zero-order chi connectivity index (χ0) is 16.3. The summed E-state index contributed by atoms with van der Waals surface area (Å²) in [5.41, 5.74) is 1.38. The Labute approximate surface area is 131 Å². The number of ether oxygens (including phenoxy) is 1. The van der Waals surface area contributed by atoms with Gasteiger partial charge in [-0.25, -0.2) is 9.18 Å². The topological polar surface area (TPSA) is 50.4 Å². The van der Waals surface area contributed by atoms with Gasteiger partial charge in [0.25, 0.3) is 0 Å². The van der Waals surface area contributed by atoms with Crippen molar-refractivity contribution < 1.29 is 13.9 Å². The molecular formula is C17H25FN2O2. The third kappa shape index (κ3) is 4.44. The van der Waals surface area contributed by atoms with E-state index in [2.05, 4.69) is 10.6 Å². The Balaban J connectivity index is 2.13. The second-order valence-electron chi connectivity index (χ2n) is 6.83. The number of halogens is 1. The number of rotatable bonds is 2. The lowest BCUT2D eigenvalue weighted by atomic mass is 9.90. The van der Waals surface area contributed by atoms with Crippen molar-refractivity contribution >= 4 is 6.09 Å². The van der Waals surface area contributed by atoms with Crippen LogP contribution in [0.25, 0.3) is 0 Å². The smallest absolute Gasteiger partial charge is 0.407 e. The highest BCUT2D eigenvalue weighted by atomic mass is 19.1. The predicted molar refractivity (Wildman–Crippen MR) is 84.3 cm³/mol. The van der Waals surface area contributed by atoms with Gasteiger partial charge in [-0.3, -0.25) is 0 Å². The predicted octanol–water partition coefficient (Wildman–Crippen LogP) is 3.45. The van der Waals surface area contributed by atoms with Crippen molar-refractivity contribution in [1.29, 1.82) is 0 Å². The lowest BCUT2D eigenvalue weighted by Crippen LogP contribution is -2.49. The molecule has 1 fully saturated rings. The lowest BCUT2D eigenvalue weighted by molar-refractivity contribution is 0.0481. The van der Waals surface area contributed by atoms with Crippen molar-refractivity contribution in [3.05, 3.63) is 35.1 Å². The first-order valence-electron chi connectivity index (χ1n) is 7.75. The molecular weight excluding hydrogens is 283 g/mol. The first-order chi connectivity index (χ1) is 10.3. The van der Waals surface area contributed by atoms with Crippen LogP contribution in [-0.4, -0.2) is 24.3 Å². The average molecular weight is 308 g/mol. The van der Waals surface area contributed by atoms with Gasteiger partial charge >= 0.3 is 6.09 Å². The van der Waals surface area contributed by atoms with E-state index in [0.29, 0.717) is 0 Å². The molecule has 1 saturated heterocycles. The molecule has 0 aromatic heterocycles. The Hall–Kier alpha value is -1.62. The van der Waals surface area contributed by atoms with E-state index in [1.54, 1.807) is 6.07 Å². The summed E-state index contributed by atoms with van der Waals surface area (Å²) in [6, 6.07) is 4.69. The van der Waals surface area contributed by atoms with E-state index in [4.69, 9.17) is 4.74 Å². The van der Waals surface area contributed by atoms with Gasteiger partial charge in [0.1, 0.15) is 11.4 Å². The normalized spacial score (nSPS) is 22.2. The fourth-order valence-corrected chi connectivity index (χ4v) is 2.82. The van der Waals surface area contributed by atoms with E-state index in [9.17, 15) is 9.18 Å². The molecule has 1 aromatic rings. The van der Waals surface area contributed by atoms with Crippen LogP contribution < -0.4 is 10.6 Å². The maximum atomic E-state index is 13.3. The SMILES string of the molecule is Cc1cc(F)ccc1C1NCCCC1NC(=O)OC(C)(C)C. The Morgan fingerprint density at radius 3 is 2.77 bits per heavy atom. The van der Waals surface area contributed by atoms with Crippen molar-refractivity contribution in [2.75, 3.05) is 6.54 Å². The van der Waals surface area contributed by atoms with Gasteiger partial charge in [-0.1, -0.05) is 6.07 Å². The summed E-state index contributed by atoms with van der Waals surface area (Å²) >= 11 is 0.